The van der Waals surface area contributed by atoms with Crippen LogP contribution in [0.4, 0.5) is 5.69 Å². The molecule has 1 unspecified atom stereocenters. The van der Waals surface area contributed by atoms with Gasteiger partial charge in [-0.15, -0.1) is 0 Å². The van der Waals surface area contributed by atoms with Gasteiger partial charge < -0.3 is 14.4 Å². The second-order valence-corrected chi connectivity index (χ2v) is 7.56. The largest absolute Gasteiger partial charge is 0.379 e. The number of carbonyl (C=O) groups excluding carboxylic acids is 1. The SMILES string of the molecule is CCCCC(CC)(C(=O)c1ccc(N2CCOCC2)cc1)N1CCOCC1. The predicted octanol–water partition coefficient (Wildman–Crippen LogP) is 3.38. The van der Waals surface area contributed by atoms with Crippen LogP contribution < -0.4 is 4.90 Å². The number of carbonyl (C=O) groups is 1. The van der Waals surface area contributed by atoms with Crippen LogP contribution >= 0.6 is 0 Å². The van der Waals surface area contributed by atoms with E-state index in [0.29, 0.717) is 0 Å². The molecule has 27 heavy (non-hydrogen) atoms. The summed E-state index contributed by atoms with van der Waals surface area (Å²) in [6.45, 7) is 10.8. The van der Waals surface area contributed by atoms with Gasteiger partial charge in [0, 0.05) is 37.4 Å². The number of ether oxygens (including phenoxy) is 2. The molecule has 1 aromatic rings. The van der Waals surface area contributed by atoms with Crippen LogP contribution in [0.15, 0.2) is 24.3 Å². The van der Waals surface area contributed by atoms with Crippen LogP contribution in [0.25, 0.3) is 0 Å². The van der Waals surface area contributed by atoms with Gasteiger partial charge in [-0.2, -0.15) is 0 Å². The van der Waals surface area contributed by atoms with Crippen LogP contribution in [0.5, 0.6) is 0 Å². The van der Waals surface area contributed by atoms with E-state index in [9.17, 15) is 4.79 Å². The molecule has 0 spiro atoms. The fourth-order valence-electron chi connectivity index (χ4n) is 4.35. The lowest BCUT2D eigenvalue weighted by molar-refractivity contribution is -0.0195. The Labute approximate surface area is 163 Å². The zero-order chi connectivity index (χ0) is 19.1. The van der Waals surface area contributed by atoms with Gasteiger partial charge in [-0.1, -0.05) is 26.7 Å². The van der Waals surface area contributed by atoms with E-state index in [2.05, 4.69) is 35.8 Å². The van der Waals surface area contributed by atoms with Crippen LogP contribution in [-0.2, 0) is 9.47 Å². The van der Waals surface area contributed by atoms with Crippen molar-refractivity contribution in [2.24, 2.45) is 0 Å². The van der Waals surface area contributed by atoms with Crippen molar-refractivity contribution in [3.8, 4) is 0 Å². The van der Waals surface area contributed by atoms with Crippen LogP contribution in [-0.4, -0.2) is 68.8 Å². The maximum absolute atomic E-state index is 13.7. The maximum Gasteiger partial charge on any atom is 0.183 e. The minimum Gasteiger partial charge on any atom is -0.379 e. The average molecular weight is 375 g/mol. The number of Topliss-reactive ketones (excluding diaryl/α,β-unsaturated/α-hetero) is 1. The van der Waals surface area contributed by atoms with E-state index in [0.717, 1.165) is 83.9 Å². The normalized spacial score (nSPS) is 21.0. The number of nitrogens with zero attached hydrogens (tertiary/aromatic N) is 2. The molecule has 2 aliphatic heterocycles. The number of anilines is 1. The van der Waals surface area contributed by atoms with Crippen LogP contribution in [0.1, 0.15) is 49.9 Å². The highest BCUT2D eigenvalue weighted by Crippen LogP contribution is 2.32. The second kappa shape index (κ2) is 9.67. The monoisotopic (exact) mass is 374 g/mol. The fraction of sp³-hybridized carbons (Fsp3) is 0.682. The van der Waals surface area contributed by atoms with Gasteiger partial charge in [-0.3, -0.25) is 9.69 Å². The number of unbranched alkanes of at least 4 members (excludes halogenated alkanes) is 1. The number of rotatable bonds is 8. The Morgan fingerprint density at radius 1 is 0.963 bits per heavy atom. The lowest BCUT2D eigenvalue weighted by Gasteiger charge is -2.44. The first kappa shape index (κ1) is 20.3. The highest BCUT2D eigenvalue weighted by atomic mass is 16.5. The Bertz CT molecular complexity index is 592. The van der Waals surface area contributed by atoms with Crippen LogP contribution in [0.3, 0.4) is 0 Å². The summed E-state index contributed by atoms with van der Waals surface area (Å²) in [7, 11) is 0. The molecule has 0 aromatic heterocycles. The Morgan fingerprint density at radius 2 is 1.56 bits per heavy atom. The summed E-state index contributed by atoms with van der Waals surface area (Å²) < 4.78 is 11.0. The van der Waals surface area contributed by atoms with Crippen molar-refractivity contribution in [2.45, 2.75) is 45.1 Å². The summed E-state index contributed by atoms with van der Waals surface area (Å²) in [6, 6.07) is 8.23. The zero-order valence-electron chi connectivity index (χ0n) is 16.9. The average Bonchev–Trinajstić information content (AvgIpc) is 2.76. The highest BCUT2D eigenvalue weighted by Gasteiger charge is 2.42. The predicted molar refractivity (Wildman–Crippen MR) is 109 cm³/mol. The fourth-order valence-corrected chi connectivity index (χ4v) is 4.35. The van der Waals surface area contributed by atoms with E-state index in [1.54, 1.807) is 0 Å². The zero-order valence-corrected chi connectivity index (χ0v) is 16.9. The topological polar surface area (TPSA) is 42.0 Å². The lowest BCUT2D eigenvalue weighted by Crippen LogP contribution is -2.58. The molecule has 5 nitrogen and oxygen atoms in total. The molecule has 5 heteroatoms. The first-order valence-electron chi connectivity index (χ1n) is 10.5. The van der Waals surface area contributed by atoms with Gasteiger partial charge in [0.1, 0.15) is 0 Å². The highest BCUT2D eigenvalue weighted by molar-refractivity contribution is 6.03. The van der Waals surface area contributed by atoms with Crippen molar-refractivity contribution in [1.82, 2.24) is 4.90 Å². The Morgan fingerprint density at radius 3 is 2.11 bits per heavy atom. The molecule has 2 saturated heterocycles. The van der Waals surface area contributed by atoms with Gasteiger partial charge in [0.2, 0.25) is 0 Å². The van der Waals surface area contributed by atoms with Gasteiger partial charge in [0.15, 0.2) is 5.78 Å². The van der Waals surface area contributed by atoms with E-state index in [-0.39, 0.29) is 5.78 Å². The Kier molecular flexibility index (Phi) is 7.27. The molecule has 2 aliphatic rings. The maximum atomic E-state index is 13.7. The molecular formula is C22H34N2O3. The smallest absolute Gasteiger partial charge is 0.183 e. The third kappa shape index (κ3) is 4.53. The standard InChI is InChI=1S/C22H34N2O3/c1-3-5-10-22(4-2,24-13-17-27-18-14-24)21(25)19-6-8-20(9-7-19)23-11-15-26-16-12-23/h6-9H,3-5,10-18H2,1-2H3. The van der Waals surface area contributed by atoms with Crippen molar-refractivity contribution in [2.75, 3.05) is 57.5 Å². The van der Waals surface area contributed by atoms with Crippen molar-refractivity contribution < 1.29 is 14.3 Å². The van der Waals surface area contributed by atoms with Crippen LogP contribution in [0.2, 0.25) is 0 Å². The third-order valence-electron chi connectivity index (χ3n) is 6.07. The van der Waals surface area contributed by atoms with Crippen molar-refractivity contribution in [1.29, 1.82) is 0 Å². The van der Waals surface area contributed by atoms with E-state index in [1.165, 1.54) is 5.69 Å². The molecule has 0 aliphatic carbocycles. The molecule has 0 bridgehead atoms. The molecule has 150 valence electrons. The Balaban J connectivity index is 1.81. The molecule has 3 rings (SSSR count). The lowest BCUT2D eigenvalue weighted by atomic mass is 9.80. The van der Waals surface area contributed by atoms with Gasteiger partial charge >= 0.3 is 0 Å². The van der Waals surface area contributed by atoms with Crippen molar-refractivity contribution in [3.63, 3.8) is 0 Å². The summed E-state index contributed by atoms with van der Waals surface area (Å²) in [4.78, 5) is 18.4. The van der Waals surface area contributed by atoms with E-state index in [4.69, 9.17) is 9.47 Å². The molecular weight excluding hydrogens is 340 g/mol. The second-order valence-electron chi connectivity index (χ2n) is 7.56. The van der Waals surface area contributed by atoms with E-state index in [1.807, 2.05) is 12.1 Å². The van der Waals surface area contributed by atoms with Gasteiger partial charge in [0.25, 0.3) is 0 Å². The summed E-state index contributed by atoms with van der Waals surface area (Å²) in [5, 5.41) is 0. The quantitative estimate of drug-likeness (QED) is 0.653. The number of hydrogen-bond acceptors (Lipinski definition) is 5. The summed E-state index contributed by atoms with van der Waals surface area (Å²) in [5.74, 6) is 0.272. The molecule has 0 N–H and O–H groups in total. The van der Waals surface area contributed by atoms with Gasteiger partial charge in [0.05, 0.1) is 32.0 Å². The molecule has 2 fully saturated rings. The molecule has 1 aromatic carbocycles. The van der Waals surface area contributed by atoms with E-state index < -0.39 is 5.54 Å². The first-order chi connectivity index (χ1) is 13.2. The third-order valence-corrected chi connectivity index (χ3v) is 6.07. The number of hydrogen-bond donors (Lipinski definition) is 0. The molecule has 0 radical (unpaired) electrons. The summed E-state index contributed by atoms with van der Waals surface area (Å²) >= 11 is 0. The van der Waals surface area contributed by atoms with Gasteiger partial charge in [-0.05, 0) is 37.1 Å². The Hall–Kier alpha value is -1.43. The first-order valence-corrected chi connectivity index (χ1v) is 10.5. The minimum atomic E-state index is -0.403. The molecule has 0 saturated carbocycles. The van der Waals surface area contributed by atoms with Gasteiger partial charge in [-0.25, -0.2) is 0 Å². The summed E-state index contributed by atoms with van der Waals surface area (Å²) in [6.07, 6.45) is 3.94. The number of ketones is 1. The number of benzene rings is 1. The van der Waals surface area contributed by atoms with Crippen LogP contribution in [0, 0.1) is 0 Å². The molecule has 2 heterocycles. The van der Waals surface area contributed by atoms with Crippen molar-refractivity contribution in [3.05, 3.63) is 29.8 Å². The minimum absolute atomic E-state index is 0.272. The molecule has 1 atom stereocenters. The summed E-state index contributed by atoms with van der Waals surface area (Å²) in [5.41, 5.74) is 1.61. The molecule has 0 amide bonds. The van der Waals surface area contributed by atoms with E-state index >= 15 is 0 Å². The number of morpholine rings is 2. The van der Waals surface area contributed by atoms with Crippen molar-refractivity contribution >= 4 is 11.5 Å².